The highest BCUT2D eigenvalue weighted by molar-refractivity contribution is 14.1. The van der Waals surface area contributed by atoms with Gasteiger partial charge in [-0.3, -0.25) is 0 Å². The number of rotatable bonds is 1. The molecule has 2 aromatic rings. The van der Waals surface area contributed by atoms with Gasteiger partial charge in [0, 0.05) is 8.04 Å². The van der Waals surface area contributed by atoms with Crippen molar-refractivity contribution in [3.8, 4) is 11.1 Å². The molecule has 82 valence electrons. The van der Waals surface area contributed by atoms with Gasteiger partial charge in [-0.15, -0.1) is 0 Å². The quantitative estimate of drug-likeness (QED) is 0.580. The summed E-state index contributed by atoms with van der Waals surface area (Å²) in [6.07, 6.45) is 0. The summed E-state index contributed by atoms with van der Waals surface area (Å²) in [4.78, 5) is 0. The molecule has 0 amide bonds. The van der Waals surface area contributed by atoms with E-state index in [9.17, 15) is 0 Å². The summed E-state index contributed by atoms with van der Waals surface area (Å²) in [7, 11) is 0. The van der Waals surface area contributed by atoms with Gasteiger partial charge in [0.2, 0.25) is 0 Å². The molecule has 0 atom stereocenters. The van der Waals surface area contributed by atoms with Gasteiger partial charge in [0.25, 0.3) is 0 Å². The minimum Gasteiger partial charge on any atom is -0.0533 e. The highest BCUT2D eigenvalue weighted by Gasteiger charge is 2.02. The van der Waals surface area contributed by atoms with Crippen LogP contribution in [0.2, 0.25) is 0 Å². The molecule has 2 aromatic carbocycles. The maximum atomic E-state index is 3.53. The molecule has 16 heavy (non-hydrogen) atoms. The van der Waals surface area contributed by atoms with E-state index in [0.717, 1.165) is 0 Å². The van der Waals surface area contributed by atoms with Gasteiger partial charge >= 0.3 is 0 Å². The third-order valence-electron chi connectivity index (χ3n) is 2.65. The monoisotopic (exact) mass is 386 g/mol. The van der Waals surface area contributed by atoms with E-state index in [1.807, 2.05) is 0 Å². The molecule has 0 aromatic heterocycles. The van der Waals surface area contributed by atoms with Crippen LogP contribution in [0, 0.1) is 17.4 Å². The largest absolute Gasteiger partial charge is 0.0533 e. The van der Waals surface area contributed by atoms with Gasteiger partial charge in [-0.05, 0) is 70.8 Å². The number of hydrogen-bond acceptors (Lipinski definition) is 0. The van der Waals surface area contributed by atoms with Crippen LogP contribution in [0.25, 0.3) is 11.1 Å². The summed E-state index contributed by atoms with van der Waals surface area (Å²) in [5.74, 6) is 0. The van der Waals surface area contributed by atoms with Crippen molar-refractivity contribution in [2.75, 3.05) is 0 Å². The standard InChI is InChI=1S/C14H12BrI/c1-9-7-11(3-5-13(9)15)12-4-6-14(16)10(2)8-12/h3-8H,1-2H3. The first-order valence-electron chi connectivity index (χ1n) is 5.10. The first-order chi connectivity index (χ1) is 7.58. The van der Waals surface area contributed by atoms with Crippen LogP contribution < -0.4 is 0 Å². The van der Waals surface area contributed by atoms with Crippen molar-refractivity contribution < 1.29 is 0 Å². The van der Waals surface area contributed by atoms with Gasteiger partial charge in [-0.1, -0.05) is 40.2 Å². The summed E-state index contributed by atoms with van der Waals surface area (Å²) in [6.45, 7) is 4.27. The Labute approximate surface area is 118 Å². The molecule has 0 spiro atoms. The smallest absolute Gasteiger partial charge is 0.0204 e. The molecule has 0 N–H and O–H groups in total. The molecule has 2 rings (SSSR count). The van der Waals surface area contributed by atoms with Crippen molar-refractivity contribution in [2.45, 2.75) is 13.8 Å². The molecular weight excluding hydrogens is 375 g/mol. The molecule has 0 radical (unpaired) electrons. The lowest BCUT2D eigenvalue weighted by Crippen LogP contribution is -1.84. The van der Waals surface area contributed by atoms with E-state index in [1.54, 1.807) is 0 Å². The van der Waals surface area contributed by atoms with Crippen LogP contribution in [-0.2, 0) is 0 Å². The fraction of sp³-hybridized carbons (Fsp3) is 0.143. The lowest BCUT2D eigenvalue weighted by Gasteiger charge is -2.06. The molecule has 0 saturated carbocycles. The van der Waals surface area contributed by atoms with Crippen molar-refractivity contribution in [1.82, 2.24) is 0 Å². The second-order valence-corrected chi connectivity index (χ2v) is 5.94. The molecule has 0 bridgehead atoms. The van der Waals surface area contributed by atoms with Crippen LogP contribution in [0.15, 0.2) is 40.9 Å². The summed E-state index contributed by atoms with van der Waals surface area (Å²) < 4.78 is 2.48. The van der Waals surface area contributed by atoms with Crippen molar-refractivity contribution in [3.05, 3.63) is 55.6 Å². The molecule has 0 saturated heterocycles. The second kappa shape index (κ2) is 4.88. The van der Waals surface area contributed by atoms with Gasteiger partial charge in [0.15, 0.2) is 0 Å². The number of hydrogen-bond donors (Lipinski definition) is 0. The predicted molar refractivity (Wildman–Crippen MR) is 81.8 cm³/mol. The Bertz CT molecular complexity index is 483. The van der Waals surface area contributed by atoms with Crippen molar-refractivity contribution in [1.29, 1.82) is 0 Å². The van der Waals surface area contributed by atoms with E-state index in [4.69, 9.17) is 0 Å². The first-order valence-corrected chi connectivity index (χ1v) is 6.98. The van der Waals surface area contributed by atoms with Crippen LogP contribution in [0.4, 0.5) is 0 Å². The minimum absolute atomic E-state index is 1.17. The van der Waals surface area contributed by atoms with Gasteiger partial charge in [0.1, 0.15) is 0 Å². The Morgan fingerprint density at radius 1 is 0.875 bits per heavy atom. The fourth-order valence-electron chi connectivity index (χ4n) is 1.65. The molecule has 0 unspecified atom stereocenters. The Hall–Kier alpha value is -0.350. The van der Waals surface area contributed by atoms with Gasteiger partial charge in [-0.2, -0.15) is 0 Å². The number of halogens is 2. The zero-order chi connectivity index (χ0) is 11.7. The van der Waals surface area contributed by atoms with E-state index in [-0.39, 0.29) is 0 Å². The van der Waals surface area contributed by atoms with Crippen molar-refractivity contribution >= 4 is 38.5 Å². The first kappa shape index (κ1) is 12.1. The molecule has 0 aliphatic rings. The molecule has 0 nitrogen and oxygen atoms in total. The maximum Gasteiger partial charge on any atom is 0.0204 e. The highest BCUT2D eigenvalue weighted by Crippen LogP contribution is 2.26. The van der Waals surface area contributed by atoms with Gasteiger partial charge in [0.05, 0.1) is 0 Å². The molecule has 0 fully saturated rings. The van der Waals surface area contributed by atoms with Crippen molar-refractivity contribution in [2.24, 2.45) is 0 Å². The third kappa shape index (κ3) is 2.48. The van der Waals surface area contributed by atoms with Crippen LogP contribution in [0.3, 0.4) is 0 Å². The summed E-state index contributed by atoms with van der Waals surface area (Å²) in [6, 6.07) is 13.1. The number of benzene rings is 2. The third-order valence-corrected chi connectivity index (χ3v) is 4.75. The highest BCUT2D eigenvalue weighted by atomic mass is 127. The van der Waals surface area contributed by atoms with E-state index in [0.29, 0.717) is 0 Å². The van der Waals surface area contributed by atoms with Gasteiger partial charge < -0.3 is 0 Å². The van der Waals surface area contributed by atoms with Crippen molar-refractivity contribution in [3.63, 3.8) is 0 Å². The van der Waals surface area contributed by atoms with Gasteiger partial charge in [-0.25, -0.2) is 0 Å². The van der Waals surface area contributed by atoms with E-state index in [1.165, 1.54) is 30.3 Å². The lowest BCUT2D eigenvalue weighted by molar-refractivity contribution is 1.40. The average Bonchev–Trinajstić information content (AvgIpc) is 2.26. The lowest BCUT2D eigenvalue weighted by atomic mass is 10.0. The van der Waals surface area contributed by atoms with E-state index < -0.39 is 0 Å². The SMILES string of the molecule is Cc1cc(-c2ccc(I)c(C)c2)ccc1Br. The second-order valence-electron chi connectivity index (χ2n) is 3.93. The normalized spacial score (nSPS) is 10.5. The van der Waals surface area contributed by atoms with Crippen LogP contribution in [-0.4, -0.2) is 0 Å². The topological polar surface area (TPSA) is 0 Å². The minimum atomic E-state index is 1.17. The van der Waals surface area contributed by atoms with E-state index in [2.05, 4.69) is 88.8 Å². The summed E-state index contributed by atoms with van der Waals surface area (Å²) in [5.41, 5.74) is 5.17. The van der Waals surface area contributed by atoms with Crippen LogP contribution in [0.1, 0.15) is 11.1 Å². The Morgan fingerprint density at radius 2 is 1.44 bits per heavy atom. The Balaban J connectivity index is 2.50. The summed E-state index contributed by atoms with van der Waals surface area (Å²) in [5, 5.41) is 0. The molecule has 2 heteroatoms. The average molecular weight is 387 g/mol. The van der Waals surface area contributed by atoms with E-state index >= 15 is 0 Å². The summed E-state index contributed by atoms with van der Waals surface area (Å²) >= 11 is 5.89. The van der Waals surface area contributed by atoms with Crippen LogP contribution >= 0.6 is 38.5 Å². The number of aryl methyl sites for hydroxylation is 2. The molecule has 0 aliphatic carbocycles. The Morgan fingerprint density at radius 3 is 2.00 bits per heavy atom. The zero-order valence-electron chi connectivity index (χ0n) is 9.22. The predicted octanol–water partition coefficient (Wildman–Crippen LogP) is 5.34. The maximum absolute atomic E-state index is 3.53. The fourth-order valence-corrected chi connectivity index (χ4v) is 2.23. The molecule has 0 aliphatic heterocycles. The zero-order valence-corrected chi connectivity index (χ0v) is 13.0. The Kier molecular flexibility index (Phi) is 3.70. The molecular formula is C14H12BrI. The van der Waals surface area contributed by atoms with Crippen LogP contribution in [0.5, 0.6) is 0 Å². The molecule has 0 heterocycles.